The lowest BCUT2D eigenvalue weighted by atomic mass is 10.1. The summed E-state index contributed by atoms with van der Waals surface area (Å²) in [7, 11) is 0. The summed E-state index contributed by atoms with van der Waals surface area (Å²) in [6, 6.07) is 4.26. The molecule has 0 spiro atoms. The maximum absolute atomic E-state index is 13.1. The molecule has 3 aromatic rings. The fraction of sp³-hybridized carbons (Fsp3) is 0.200. The summed E-state index contributed by atoms with van der Waals surface area (Å²) in [5.41, 5.74) is 1.78. The standard InChI is InChI=1S/C20H16Cl2FN3O3/c1-10-7-24-15(12(3)27)6-17(10)26-11(2)4-18(19(22)20(26)28)29-9-16-14(21)5-13(23)8-25-16/h4-8H,9H2,1-3H3. The number of rotatable bonds is 5. The minimum atomic E-state index is -0.562. The van der Waals surface area contributed by atoms with E-state index in [2.05, 4.69) is 9.97 Å². The van der Waals surface area contributed by atoms with E-state index in [0.717, 1.165) is 12.3 Å². The molecule has 0 aliphatic carbocycles. The number of pyridine rings is 3. The highest BCUT2D eigenvalue weighted by atomic mass is 35.5. The Morgan fingerprint density at radius 2 is 1.90 bits per heavy atom. The van der Waals surface area contributed by atoms with Crippen LogP contribution in [0.15, 0.2) is 35.4 Å². The van der Waals surface area contributed by atoms with Gasteiger partial charge in [0, 0.05) is 24.9 Å². The van der Waals surface area contributed by atoms with Crippen molar-refractivity contribution in [3.63, 3.8) is 0 Å². The Balaban J connectivity index is 2.00. The van der Waals surface area contributed by atoms with Crippen LogP contribution in [0.5, 0.6) is 5.75 Å². The van der Waals surface area contributed by atoms with E-state index in [-0.39, 0.29) is 33.9 Å². The van der Waals surface area contributed by atoms with Crippen LogP contribution in [0.1, 0.15) is 34.4 Å². The molecule has 3 heterocycles. The summed E-state index contributed by atoms with van der Waals surface area (Å²) < 4.78 is 20.1. The van der Waals surface area contributed by atoms with Crippen molar-refractivity contribution in [3.8, 4) is 11.4 Å². The van der Waals surface area contributed by atoms with Gasteiger partial charge in [0.05, 0.1) is 22.6 Å². The second kappa shape index (κ2) is 8.31. The summed E-state index contributed by atoms with van der Waals surface area (Å²) in [5.74, 6) is -0.634. The molecule has 9 heteroatoms. The topological polar surface area (TPSA) is 74.1 Å². The maximum Gasteiger partial charge on any atom is 0.277 e. The van der Waals surface area contributed by atoms with Gasteiger partial charge in [-0.25, -0.2) is 4.39 Å². The van der Waals surface area contributed by atoms with Crippen molar-refractivity contribution in [2.45, 2.75) is 27.4 Å². The van der Waals surface area contributed by atoms with Gasteiger partial charge < -0.3 is 4.74 Å². The lowest BCUT2D eigenvalue weighted by Crippen LogP contribution is -2.23. The zero-order chi connectivity index (χ0) is 21.3. The Morgan fingerprint density at radius 3 is 2.55 bits per heavy atom. The number of Topliss-reactive ketones (excluding diaryl/α,β-unsaturated/α-hetero) is 1. The monoisotopic (exact) mass is 435 g/mol. The lowest BCUT2D eigenvalue weighted by molar-refractivity contribution is 0.101. The van der Waals surface area contributed by atoms with Gasteiger partial charge in [-0.05, 0) is 31.5 Å². The molecule has 0 unspecified atom stereocenters. The van der Waals surface area contributed by atoms with E-state index in [1.165, 1.54) is 17.7 Å². The third-order valence-electron chi connectivity index (χ3n) is 4.22. The molecule has 0 aromatic carbocycles. The third-order valence-corrected chi connectivity index (χ3v) is 4.90. The molecular formula is C20H16Cl2FN3O3. The van der Waals surface area contributed by atoms with Crippen molar-refractivity contribution >= 4 is 29.0 Å². The second-order valence-corrected chi connectivity index (χ2v) is 7.17. The van der Waals surface area contributed by atoms with Crippen LogP contribution in [0.2, 0.25) is 10.0 Å². The number of halogens is 3. The minimum absolute atomic E-state index is 0.0928. The molecule has 0 saturated heterocycles. The number of carbonyl (C=O) groups is 1. The van der Waals surface area contributed by atoms with E-state index in [0.29, 0.717) is 22.6 Å². The van der Waals surface area contributed by atoms with E-state index in [9.17, 15) is 14.0 Å². The van der Waals surface area contributed by atoms with Gasteiger partial charge in [0.1, 0.15) is 28.9 Å². The molecule has 0 atom stereocenters. The maximum atomic E-state index is 13.1. The molecule has 0 saturated carbocycles. The highest BCUT2D eigenvalue weighted by Gasteiger charge is 2.17. The first-order valence-corrected chi connectivity index (χ1v) is 9.27. The van der Waals surface area contributed by atoms with Crippen molar-refractivity contribution in [1.29, 1.82) is 0 Å². The SMILES string of the molecule is CC(=O)c1cc(-n2c(C)cc(OCc3ncc(F)cc3Cl)c(Cl)c2=O)c(C)cn1. The Kier molecular flexibility index (Phi) is 6.00. The first kappa shape index (κ1) is 21.0. The van der Waals surface area contributed by atoms with Crippen LogP contribution in [-0.2, 0) is 6.61 Å². The van der Waals surface area contributed by atoms with Crippen LogP contribution >= 0.6 is 23.2 Å². The largest absolute Gasteiger partial charge is 0.485 e. The highest BCUT2D eigenvalue weighted by molar-refractivity contribution is 6.32. The Bertz CT molecular complexity index is 1180. The van der Waals surface area contributed by atoms with E-state index in [1.54, 1.807) is 26.0 Å². The average Bonchev–Trinajstić information content (AvgIpc) is 2.66. The molecule has 0 amide bonds. The van der Waals surface area contributed by atoms with E-state index >= 15 is 0 Å². The third kappa shape index (κ3) is 4.31. The van der Waals surface area contributed by atoms with E-state index < -0.39 is 11.4 Å². The number of ether oxygens (including phenoxy) is 1. The number of aromatic nitrogens is 3. The predicted octanol–water partition coefficient (Wildman–Crippen LogP) is 4.47. The number of aryl methyl sites for hydroxylation is 2. The number of carbonyl (C=O) groups excluding carboxylic acids is 1. The molecule has 0 aliphatic rings. The van der Waals surface area contributed by atoms with Crippen molar-refractivity contribution in [3.05, 3.63) is 79.5 Å². The summed E-state index contributed by atoms with van der Waals surface area (Å²) in [6.07, 6.45) is 2.55. The Labute approximate surface area is 175 Å². The minimum Gasteiger partial charge on any atom is -0.485 e. The fourth-order valence-electron chi connectivity index (χ4n) is 2.73. The average molecular weight is 436 g/mol. The number of hydrogen-bond donors (Lipinski definition) is 0. The van der Waals surface area contributed by atoms with Gasteiger partial charge in [-0.1, -0.05) is 23.2 Å². The van der Waals surface area contributed by atoms with Crippen LogP contribution in [0.4, 0.5) is 4.39 Å². The van der Waals surface area contributed by atoms with Crippen LogP contribution in [0, 0.1) is 19.7 Å². The normalized spacial score (nSPS) is 10.8. The molecule has 6 nitrogen and oxygen atoms in total. The summed E-state index contributed by atoms with van der Waals surface area (Å²) in [4.78, 5) is 32.5. The summed E-state index contributed by atoms with van der Waals surface area (Å²) >= 11 is 12.2. The fourth-order valence-corrected chi connectivity index (χ4v) is 3.13. The van der Waals surface area contributed by atoms with Crippen LogP contribution in [-0.4, -0.2) is 20.3 Å². The highest BCUT2D eigenvalue weighted by Crippen LogP contribution is 2.26. The van der Waals surface area contributed by atoms with Gasteiger partial charge in [-0.2, -0.15) is 0 Å². The molecule has 0 N–H and O–H groups in total. The molecule has 0 fully saturated rings. The Morgan fingerprint density at radius 1 is 1.17 bits per heavy atom. The van der Waals surface area contributed by atoms with Gasteiger partial charge in [-0.3, -0.25) is 24.1 Å². The first-order chi connectivity index (χ1) is 13.7. The van der Waals surface area contributed by atoms with E-state index in [1.807, 2.05) is 0 Å². The zero-order valence-electron chi connectivity index (χ0n) is 15.8. The van der Waals surface area contributed by atoms with Gasteiger partial charge in [-0.15, -0.1) is 0 Å². The molecule has 3 rings (SSSR count). The molecule has 0 aliphatic heterocycles. The zero-order valence-corrected chi connectivity index (χ0v) is 17.3. The van der Waals surface area contributed by atoms with Gasteiger partial charge in [0.25, 0.3) is 5.56 Å². The Hall–Kier alpha value is -2.77. The number of nitrogens with zero attached hydrogens (tertiary/aromatic N) is 3. The van der Waals surface area contributed by atoms with Crippen molar-refractivity contribution < 1.29 is 13.9 Å². The number of hydrogen-bond acceptors (Lipinski definition) is 5. The van der Waals surface area contributed by atoms with Crippen LogP contribution < -0.4 is 10.3 Å². The predicted molar refractivity (Wildman–Crippen MR) is 108 cm³/mol. The number of ketones is 1. The van der Waals surface area contributed by atoms with Crippen molar-refractivity contribution in [2.24, 2.45) is 0 Å². The molecular weight excluding hydrogens is 420 g/mol. The summed E-state index contributed by atoms with van der Waals surface area (Å²) in [6.45, 7) is 4.79. The smallest absolute Gasteiger partial charge is 0.277 e. The summed E-state index contributed by atoms with van der Waals surface area (Å²) in [5, 5.41) is -0.0372. The first-order valence-electron chi connectivity index (χ1n) is 8.52. The van der Waals surface area contributed by atoms with Crippen molar-refractivity contribution in [1.82, 2.24) is 14.5 Å². The van der Waals surface area contributed by atoms with E-state index in [4.69, 9.17) is 27.9 Å². The second-order valence-electron chi connectivity index (χ2n) is 6.39. The molecule has 0 bridgehead atoms. The molecule has 3 aromatic heterocycles. The van der Waals surface area contributed by atoms with Gasteiger partial charge in [0.15, 0.2) is 5.78 Å². The molecule has 29 heavy (non-hydrogen) atoms. The molecule has 0 radical (unpaired) electrons. The molecule has 150 valence electrons. The quantitative estimate of drug-likeness (QED) is 0.552. The van der Waals surface area contributed by atoms with Gasteiger partial charge >= 0.3 is 0 Å². The van der Waals surface area contributed by atoms with Crippen molar-refractivity contribution in [2.75, 3.05) is 0 Å². The van der Waals surface area contributed by atoms with Gasteiger partial charge in [0.2, 0.25) is 0 Å². The lowest BCUT2D eigenvalue weighted by Gasteiger charge is -2.16. The van der Waals surface area contributed by atoms with Crippen LogP contribution in [0.3, 0.4) is 0 Å². The van der Waals surface area contributed by atoms with Crippen LogP contribution in [0.25, 0.3) is 5.69 Å².